The predicted octanol–water partition coefficient (Wildman–Crippen LogP) is 2.96. The molecule has 0 N–H and O–H groups in total. The lowest BCUT2D eigenvalue weighted by atomic mass is 10.2. The highest BCUT2D eigenvalue weighted by Gasteiger charge is 2.42. The van der Waals surface area contributed by atoms with E-state index in [-0.39, 0.29) is 0 Å². The van der Waals surface area contributed by atoms with Crippen molar-refractivity contribution in [3.8, 4) is 6.07 Å². The first-order chi connectivity index (χ1) is 8.64. The van der Waals surface area contributed by atoms with Crippen LogP contribution in [-0.4, -0.2) is 20.3 Å². The van der Waals surface area contributed by atoms with Crippen molar-refractivity contribution in [2.45, 2.75) is 11.9 Å². The fourth-order valence-corrected chi connectivity index (χ4v) is 3.07. The molecular formula is C11H9ClF3NO2S. The third-order valence-corrected chi connectivity index (χ3v) is 4.14. The van der Waals surface area contributed by atoms with Crippen LogP contribution in [0.2, 0.25) is 5.02 Å². The maximum absolute atomic E-state index is 12.3. The normalized spacial score (nSPS) is 13.8. The van der Waals surface area contributed by atoms with E-state index in [4.69, 9.17) is 16.9 Å². The van der Waals surface area contributed by atoms with Gasteiger partial charge in [-0.05, 0) is 17.7 Å². The first kappa shape index (κ1) is 15.8. The fraction of sp³-hybridized carbons (Fsp3) is 0.364. The Hall–Kier alpha value is -1.26. The van der Waals surface area contributed by atoms with Crippen molar-refractivity contribution in [2.24, 2.45) is 5.92 Å². The number of rotatable bonds is 4. The van der Waals surface area contributed by atoms with E-state index < -0.39 is 33.4 Å². The Morgan fingerprint density at radius 3 is 2.21 bits per heavy atom. The largest absolute Gasteiger partial charge is 0.405 e. The molecule has 104 valence electrons. The molecule has 3 nitrogen and oxygen atoms in total. The average molecular weight is 312 g/mol. The summed E-state index contributed by atoms with van der Waals surface area (Å²) in [5.41, 5.74) is 0.322. The van der Waals surface area contributed by atoms with Gasteiger partial charge in [-0.3, -0.25) is 0 Å². The van der Waals surface area contributed by atoms with Crippen molar-refractivity contribution < 1.29 is 21.6 Å². The van der Waals surface area contributed by atoms with Gasteiger partial charge in [-0.2, -0.15) is 18.4 Å². The molecule has 0 amide bonds. The minimum absolute atomic E-state index is 0.322. The maximum atomic E-state index is 12.3. The highest BCUT2D eigenvalue weighted by molar-refractivity contribution is 7.90. The third kappa shape index (κ3) is 5.09. The molecule has 0 aliphatic heterocycles. The lowest BCUT2D eigenvalue weighted by Gasteiger charge is -2.13. The van der Waals surface area contributed by atoms with E-state index in [1.807, 2.05) is 0 Å². The molecule has 1 aromatic rings. The first-order valence-electron chi connectivity index (χ1n) is 5.05. The molecule has 19 heavy (non-hydrogen) atoms. The van der Waals surface area contributed by atoms with Gasteiger partial charge < -0.3 is 0 Å². The van der Waals surface area contributed by atoms with Gasteiger partial charge in [0.25, 0.3) is 0 Å². The van der Waals surface area contributed by atoms with Crippen molar-refractivity contribution in [3.63, 3.8) is 0 Å². The summed E-state index contributed by atoms with van der Waals surface area (Å²) >= 11 is 5.61. The topological polar surface area (TPSA) is 57.9 Å². The number of hydrogen-bond donors (Lipinski definition) is 0. The van der Waals surface area contributed by atoms with Gasteiger partial charge >= 0.3 is 6.18 Å². The molecule has 0 aromatic heterocycles. The van der Waals surface area contributed by atoms with Gasteiger partial charge in [-0.25, -0.2) is 8.42 Å². The van der Waals surface area contributed by atoms with Crippen LogP contribution in [0.3, 0.4) is 0 Å². The zero-order valence-corrected chi connectivity index (χ0v) is 11.1. The second kappa shape index (κ2) is 5.80. The Labute approximate surface area is 113 Å². The van der Waals surface area contributed by atoms with E-state index in [1.165, 1.54) is 24.3 Å². The zero-order chi connectivity index (χ0) is 14.7. The van der Waals surface area contributed by atoms with Crippen LogP contribution < -0.4 is 0 Å². The molecule has 1 aromatic carbocycles. The van der Waals surface area contributed by atoms with Gasteiger partial charge in [0.2, 0.25) is 0 Å². The van der Waals surface area contributed by atoms with Crippen molar-refractivity contribution in [1.29, 1.82) is 5.26 Å². The Kier molecular flexibility index (Phi) is 4.82. The summed E-state index contributed by atoms with van der Waals surface area (Å²) in [4.78, 5) is 0. The molecular weight excluding hydrogens is 303 g/mol. The molecule has 0 radical (unpaired) electrons. The van der Waals surface area contributed by atoms with E-state index in [1.54, 1.807) is 0 Å². The molecule has 0 aliphatic carbocycles. The van der Waals surface area contributed by atoms with Crippen molar-refractivity contribution in [3.05, 3.63) is 34.9 Å². The van der Waals surface area contributed by atoms with Crippen molar-refractivity contribution >= 4 is 21.4 Å². The van der Waals surface area contributed by atoms with E-state index in [0.29, 0.717) is 10.6 Å². The number of alkyl halides is 3. The second-order valence-corrected chi connectivity index (χ2v) is 6.45. The molecule has 1 rings (SSSR count). The Balaban J connectivity index is 2.83. The second-order valence-electron chi connectivity index (χ2n) is 3.90. The Bertz CT molecular complexity index is 575. The minimum Gasteiger partial charge on any atom is -0.228 e. The summed E-state index contributed by atoms with van der Waals surface area (Å²) in [6.07, 6.45) is -4.85. The van der Waals surface area contributed by atoms with Gasteiger partial charge in [-0.15, -0.1) is 0 Å². The SMILES string of the molecule is N#CC(CS(=O)(=O)Cc1ccc(Cl)cc1)C(F)(F)F. The highest BCUT2D eigenvalue weighted by Crippen LogP contribution is 2.27. The average Bonchev–Trinajstić information content (AvgIpc) is 2.27. The highest BCUT2D eigenvalue weighted by atomic mass is 35.5. The third-order valence-electron chi connectivity index (χ3n) is 2.27. The van der Waals surface area contributed by atoms with E-state index in [0.717, 1.165) is 6.07 Å². The van der Waals surface area contributed by atoms with E-state index in [2.05, 4.69) is 0 Å². The fourth-order valence-electron chi connectivity index (χ4n) is 1.35. The summed E-state index contributed by atoms with van der Waals surface area (Å²) in [5.74, 6) is -4.31. The molecule has 0 fully saturated rings. The number of benzene rings is 1. The summed E-state index contributed by atoms with van der Waals surface area (Å²) in [7, 11) is -4.03. The molecule has 0 bridgehead atoms. The van der Waals surface area contributed by atoms with Crippen LogP contribution in [0.4, 0.5) is 13.2 Å². The van der Waals surface area contributed by atoms with Gasteiger partial charge in [0, 0.05) is 5.02 Å². The van der Waals surface area contributed by atoms with Crippen LogP contribution in [0.25, 0.3) is 0 Å². The van der Waals surface area contributed by atoms with E-state index in [9.17, 15) is 21.6 Å². The predicted molar refractivity (Wildman–Crippen MR) is 64.1 cm³/mol. The van der Waals surface area contributed by atoms with Crippen molar-refractivity contribution in [1.82, 2.24) is 0 Å². The van der Waals surface area contributed by atoms with Crippen LogP contribution in [0.5, 0.6) is 0 Å². The van der Waals surface area contributed by atoms with Crippen LogP contribution in [0.1, 0.15) is 5.56 Å². The molecule has 1 unspecified atom stereocenters. The number of nitrogens with zero attached hydrogens (tertiary/aromatic N) is 1. The molecule has 0 saturated heterocycles. The molecule has 0 spiro atoms. The smallest absolute Gasteiger partial charge is 0.228 e. The van der Waals surface area contributed by atoms with Gasteiger partial charge in [0.15, 0.2) is 15.8 Å². The molecule has 8 heteroatoms. The number of hydrogen-bond acceptors (Lipinski definition) is 3. The van der Waals surface area contributed by atoms with Crippen LogP contribution in [-0.2, 0) is 15.6 Å². The van der Waals surface area contributed by atoms with Crippen LogP contribution >= 0.6 is 11.6 Å². The molecule has 0 saturated carbocycles. The first-order valence-corrected chi connectivity index (χ1v) is 7.25. The summed E-state index contributed by atoms with van der Waals surface area (Å²) in [6, 6.07) is 6.68. The Morgan fingerprint density at radius 2 is 1.79 bits per heavy atom. The van der Waals surface area contributed by atoms with Gasteiger partial charge in [0.1, 0.15) is 0 Å². The number of halogens is 4. The number of sulfone groups is 1. The number of nitriles is 1. The lowest BCUT2D eigenvalue weighted by Crippen LogP contribution is -2.29. The molecule has 0 aliphatic rings. The summed E-state index contributed by atoms with van der Waals surface area (Å²) in [5, 5.41) is 8.77. The summed E-state index contributed by atoms with van der Waals surface area (Å²) in [6.45, 7) is 0. The zero-order valence-electron chi connectivity index (χ0n) is 9.48. The molecule has 0 heterocycles. The lowest BCUT2D eigenvalue weighted by molar-refractivity contribution is -0.153. The van der Waals surface area contributed by atoms with Gasteiger partial charge in [0.05, 0.1) is 17.6 Å². The monoisotopic (exact) mass is 311 g/mol. The van der Waals surface area contributed by atoms with Crippen LogP contribution in [0.15, 0.2) is 24.3 Å². The van der Waals surface area contributed by atoms with Gasteiger partial charge in [-0.1, -0.05) is 23.7 Å². The molecule has 1 atom stereocenters. The Morgan fingerprint density at radius 1 is 1.26 bits per heavy atom. The van der Waals surface area contributed by atoms with Crippen molar-refractivity contribution in [2.75, 3.05) is 5.75 Å². The maximum Gasteiger partial charge on any atom is 0.405 e. The quantitative estimate of drug-likeness (QED) is 0.859. The van der Waals surface area contributed by atoms with Crippen LogP contribution in [0, 0.1) is 17.2 Å². The minimum atomic E-state index is -4.85. The summed E-state index contributed by atoms with van der Waals surface area (Å²) < 4.78 is 60.2. The standard InChI is InChI=1S/C11H9ClF3NO2S/c12-10-3-1-8(2-4-10)6-19(17,18)7-9(5-16)11(13,14)15/h1-4,9H,6-7H2. The van der Waals surface area contributed by atoms with E-state index >= 15 is 0 Å².